The van der Waals surface area contributed by atoms with E-state index in [4.69, 9.17) is 11.6 Å². The fourth-order valence-electron chi connectivity index (χ4n) is 3.33. The van der Waals surface area contributed by atoms with Gasteiger partial charge in [0.15, 0.2) is 17.0 Å². The van der Waals surface area contributed by atoms with Crippen LogP contribution in [-0.4, -0.2) is 36.8 Å². The SMILES string of the molecule is Cc1ccc(-c2cc(C(F)(F)F)n3nc(C(=O)NCCCn4cc(Cl)cn4)cc3n2)cc1C. The maximum absolute atomic E-state index is 13.8. The van der Waals surface area contributed by atoms with Crippen LogP contribution in [0.2, 0.25) is 5.02 Å². The van der Waals surface area contributed by atoms with Gasteiger partial charge in [0.05, 0.1) is 16.9 Å². The van der Waals surface area contributed by atoms with Crippen molar-refractivity contribution in [1.82, 2.24) is 29.7 Å². The van der Waals surface area contributed by atoms with Crippen LogP contribution in [0.15, 0.2) is 42.7 Å². The van der Waals surface area contributed by atoms with Crippen molar-refractivity contribution in [1.29, 1.82) is 0 Å². The Morgan fingerprint density at radius 2 is 1.94 bits per heavy atom. The molecule has 0 bridgehead atoms. The van der Waals surface area contributed by atoms with Gasteiger partial charge in [0.1, 0.15) is 0 Å². The van der Waals surface area contributed by atoms with E-state index in [1.54, 1.807) is 23.0 Å². The monoisotopic (exact) mass is 476 g/mol. The molecule has 3 aromatic heterocycles. The molecule has 3 heterocycles. The van der Waals surface area contributed by atoms with E-state index in [0.29, 0.717) is 28.1 Å². The molecule has 0 aliphatic carbocycles. The van der Waals surface area contributed by atoms with Crippen LogP contribution in [0.25, 0.3) is 16.9 Å². The molecular weight excluding hydrogens is 457 g/mol. The molecule has 4 aromatic rings. The third-order valence-corrected chi connectivity index (χ3v) is 5.40. The number of nitrogens with zero attached hydrogens (tertiary/aromatic N) is 5. The Hall–Kier alpha value is -3.40. The Labute approximate surface area is 192 Å². The Bertz CT molecular complexity index is 1330. The fraction of sp³-hybridized carbons (Fsp3) is 0.273. The molecule has 172 valence electrons. The number of hydrogen-bond acceptors (Lipinski definition) is 4. The van der Waals surface area contributed by atoms with Crippen LogP contribution in [0.3, 0.4) is 0 Å². The van der Waals surface area contributed by atoms with Crippen molar-refractivity contribution in [3.05, 3.63) is 70.3 Å². The smallest absolute Gasteiger partial charge is 0.351 e. The summed E-state index contributed by atoms with van der Waals surface area (Å²) in [6.07, 6.45) is -0.961. The predicted molar refractivity (Wildman–Crippen MR) is 117 cm³/mol. The highest BCUT2D eigenvalue weighted by Crippen LogP contribution is 2.32. The number of nitrogens with one attached hydrogen (secondary N) is 1. The van der Waals surface area contributed by atoms with Crippen molar-refractivity contribution >= 4 is 23.2 Å². The minimum atomic E-state index is -4.68. The summed E-state index contributed by atoms with van der Waals surface area (Å²) >= 11 is 5.80. The summed E-state index contributed by atoms with van der Waals surface area (Å²) in [5.41, 5.74) is 1.46. The number of hydrogen-bond donors (Lipinski definition) is 1. The molecule has 11 heteroatoms. The second kappa shape index (κ2) is 8.86. The molecule has 7 nitrogen and oxygen atoms in total. The number of halogens is 4. The topological polar surface area (TPSA) is 77.1 Å². The van der Waals surface area contributed by atoms with Gasteiger partial charge in [-0.1, -0.05) is 23.7 Å². The van der Waals surface area contributed by atoms with E-state index in [9.17, 15) is 18.0 Å². The molecule has 0 fully saturated rings. The maximum atomic E-state index is 13.8. The number of fused-ring (bicyclic) bond motifs is 1. The molecule has 4 rings (SSSR count). The molecule has 33 heavy (non-hydrogen) atoms. The number of carbonyl (C=O) groups is 1. The number of carbonyl (C=O) groups excluding carboxylic acids is 1. The van der Waals surface area contributed by atoms with Gasteiger partial charge in [-0.05, 0) is 43.5 Å². The van der Waals surface area contributed by atoms with Gasteiger partial charge in [0.2, 0.25) is 0 Å². The minimum Gasteiger partial charge on any atom is -0.351 e. The van der Waals surface area contributed by atoms with E-state index in [2.05, 4.69) is 20.5 Å². The van der Waals surface area contributed by atoms with E-state index in [1.165, 1.54) is 12.3 Å². The molecule has 0 saturated carbocycles. The lowest BCUT2D eigenvalue weighted by atomic mass is 10.0. The van der Waals surface area contributed by atoms with Crippen molar-refractivity contribution in [3.8, 4) is 11.3 Å². The van der Waals surface area contributed by atoms with Crippen LogP contribution in [0, 0.1) is 13.8 Å². The number of aromatic nitrogens is 5. The highest BCUT2D eigenvalue weighted by atomic mass is 35.5. The molecule has 0 atom stereocenters. The van der Waals surface area contributed by atoms with Gasteiger partial charge >= 0.3 is 6.18 Å². The van der Waals surface area contributed by atoms with Crippen molar-refractivity contribution in [2.75, 3.05) is 6.54 Å². The number of aryl methyl sites for hydroxylation is 3. The number of alkyl halides is 3. The van der Waals surface area contributed by atoms with E-state index in [-0.39, 0.29) is 23.6 Å². The van der Waals surface area contributed by atoms with Gasteiger partial charge < -0.3 is 5.32 Å². The van der Waals surface area contributed by atoms with E-state index < -0.39 is 17.8 Å². The standard InChI is InChI=1S/C22H20ClF3N6O/c1-13-4-5-15(8-14(13)2)17-9-19(22(24,25)26)32-20(29-17)10-18(30-32)21(33)27-6-3-7-31-12-16(23)11-28-31/h4-5,8-12H,3,6-7H2,1-2H3,(H,27,33). The van der Waals surface area contributed by atoms with E-state index in [0.717, 1.165) is 17.2 Å². The first-order valence-corrected chi connectivity index (χ1v) is 10.5. The quantitative estimate of drug-likeness (QED) is 0.409. The molecule has 0 aliphatic heterocycles. The zero-order valence-electron chi connectivity index (χ0n) is 17.8. The summed E-state index contributed by atoms with van der Waals surface area (Å²) < 4.78 is 43.6. The van der Waals surface area contributed by atoms with Gasteiger partial charge in [0.25, 0.3) is 5.91 Å². The molecule has 0 radical (unpaired) electrons. The summed E-state index contributed by atoms with van der Waals surface area (Å²) in [6, 6.07) is 7.53. The van der Waals surface area contributed by atoms with Crippen LogP contribution in [0.1, 0.15) is 33.7 Å². The zero-order chi connectivity index (χ0) is 23.8. The van der Waals surface area contributed by atoms with Crippen molar-refractivity contribution in [3.63, 3.8) is 0 Å². The van der Waals surface area contributed by atoms with Crippen LogP contribution in [0.4, 0.5) is 13.2 Å². The number of benzene rings is 1. The average Bonchev–Trinajstić information content (AvgIpc) is 3.37. The lowest BCUT2D eigenvalue weighted by Crippen LogP contribution is -2.26. The van der Waals surface area contributed by atoms with Crippen molar-refractivity contribution in [2.45, 2.75) is 33.0 Å². The van der Waals surface area contributed by atoms with Crippen LogP contribution < -0.4 is 5.32 Å². The molecule has 0 spiro atoms. The third-order valence-electron chi connectivity index (χ3n) is 5.20. The number of amides is 1. The Morgan fingerprint density at radius 3 is 2.61 bits per heavy atom. The van der Waals surface area contributed by atoms with Crippen LogP contribution >= 0.6 is 11.6 Å². The van der Waals surface area contributed by atoms with E-state index in [1.807, 2.05) is 19.9 Å². The Morgan fingerprint density at radius 1 is 1.15 bits per heavy atom. The molecule has 1 aromatic carbocycles. The van der Waals surface area contributed by atoms with Gasteiger partial charge in [-0.3, -0.25) is 9.48 Å². The molecule has 1 amide bonds. The maximum Gasteiger partial charge on any atom is 0.433 e. The van der Waals surface area contributed by atoms with Crippen molar-refractivity contribution in [2.24, 2.45) is 0 Å². The average molecular weight is 477 g/mol. The lowest BCUT2D eigenvalue weighted by molar-refractivity contribution is -0.142. The van der Waals surface area contributed by atoms with Gasteiger partial charge in [-0.2, -0.15) is 23.4 Å². The summed E-state index contributed by atoms with van der Waals surface area (Å²) in [4.78, 5) is 16.8. The largest absolute Gasteiger partial charge is 0.433 e. The van der Waals surface area contributed by atoms with Crippen LogP contribution in [-0.2, 0) is 12.7 Å². The Balaban J connectivity index is 1.58. The van der Waals surface area contributed by atoms with Crippen LogP contribution in [0.5, 0.6) is 0 Å². The zero-order valence-corrected chi connectivity index (χ0v) is 18.6. The molecule has 0 aliphatic rings. The number of rotatable bonds is 6. The second-order valence-electron chi connectivity index (χ2n) is 7.65. The first kappa shape index (κ1) is 22.8. The normalized spacial score (nSPS) is 11.8. The molecule has 0 saturated heterocycles. The first-order valence-electron chi connectivity index (χ1n) is 10.1. The highest BCUT2D eigenvalue weighted by molar-refractivity contribution is 6.30. The van der Waals surface area contributed by atoms with Gasteiger partial charge in [-0.15, -0.1) is 0 Å². The molecule has 1 N–H and O–H groups in total. The molecule has 0 unspecified atom stereocenters. The van der Waals surface area contributed by atoms with Gasteiger partial charge in [0, 0.05) is 30.9 Å². The summed E-state index contributed by atoms with van der Waals surface area (Å²) in [5.74, 6) is -0.583. The first-order chi connectivity index (χ1) is 15.6. The highest BCUT2D eigenvalue weighted by Gasteiger charge is 2.35. The fourth-order valence-corrected chi connectivity index (χ4v) is 3.49. The summed E-state index contributed by atoms with van der Waals surface area (Å²) in [5, 5.41) is 11.1. The minimum absolute atomic E-state index is 0.0608. The Kier molecular flexibility index (Phi) is 6.11. The lowest BCUT2D eigenvalue weighted by Gasteiger charge is -2.11. The second-order valence-corrected chi connectivity index (χ2v) is 8.09. The van der Waals surface area contributed by atoms with Crippen molar-refractivity contribution < 1.29 is 18.0 Å². The predicted octanol–water partition coefficient (Wildman–Crippen LogP) is 4.70. The third kappa shape index (κ3) is 5.00. The summed E-state index contributed by atoms with van der Waals surface area (Å²) in [7, 11) is 0. The van der Waals surface area contributed by atoms with E-state index >= 15 is 0 Å². The molecular formula is C22H20ClF3N6O. The summed E-state index contributed by atoms with van der Waals surface area (Å²) in [6.45, 7) is 4.61. The van der Waals surface area contributed by atoms with Gasteiger partial charge in [-0.25, -0.2) is 9.50 Å².